The molecule has 0 saturated heterocycles. The highest BCUT2D eigenvalue weighted by Gasteiger charge is 2.27. The van der Waals surface area contributed by atoms with Gasteiger partial charge in [0.25, 0.3) is 0 Å². The monoisotopic (exact) mass is 438 g/mol. The molecule has 3 aromatic carbocycles. The number of rotatable bonds is 8. The number of para-hydroxylation sites is 1. The molecule has 33 heavy (non-hydrogen) atoms. The van der Waals surface area contributed by atoms with E-state index in [1.165, 1.54) is 27.6 Å². The van der Waals surface area contributed by atoms with E-state index >= 15 is 0 Å². The standard InChI is InChI=1S/C29H30N2O2/c1-3-31-16-15-22-17-28(32-2)29(33-20-21-9-5-4-6-10-21)18-25(22)27(31)14-13-23-19-30-26-12-8-7-11-24(23)26/h3-12,17-19,27,30H,1,13-16,20H2,2H3/t27-/m0/s1. The Bertz CT molecular complexity index is 1250. The summed E-state index contributed by atoms with van der Waals surface area (Å²) in [6.07, 6.45) is 7.10. The molecule has 0 unspecified atom stereocenters. The summed E-state index contributed by atoms with van der Waals surface area (Å²) in [5.74, 6) is 1.59. The van der Waals surface area contributed by atoms with Crippen LogP contribution in [0.4, 0.5) is 0 Å². The van der Waals surface area contributed by atoms with Crippen LogP contribution in [0.2, 0.25) is 0 Å². The topological polar surface area (TPSA) is 37.5 Å². The smallest absolute Gasteiger partial charge is 0.162 e. The summed E-state index contributed by atoms with van der Waals surface area (Å²) < 4.78 is 11.9. The zero-order valence-electron chi connectivity index (χ0n) is 19.1. The second kappa shape index (κ2) is 9.45. The lowest BCUT2D eigenvalue weighted by atomic mass is 9.88. The first-order valence-corrected chi connectivity index (χ1v) is 11.6. The van der Waals surface area contributed by atoms with Crippen molar-refractivity contribution in [3.8, 4) is 11.5 Å². The molecule has 1 aliphatic heterocycles. The highest BCUT2D eigenvalue weighted by molar-refractivity contribution is 5.83. The van der Waals surface area contributed by atoms with E-state index in [9.17, 15) is 0 Å². The van der Waals surface area contributed by atoms with Gasteiger partial charge in [0, 0.05) is 23.6 Å². The fourth-order valence-electron chi connectivity index (χ4n) is 4.91. The van der Waals surface area contributed by atoms with Crippen molar-refractivity contribution < 1.29 is 9.47 Å². The number of aromatic nitrogens is 1. The number of nitrogens with zero attached hydrogens (tertiary/aromatic N) is 1. The zero-order valence-corrected chi connectivity index (χ0v) is 19.1. The maximum absolute atomic E-state index is 6.23. The van der Waals surface area contributed by atoms with Gasteiger partial charge in [0.1, 0.15) is 6.61 Å². The summed E-state index contributed by atoms with van der Waals surface area (Å²) in [5.41, 5.74) is 6.33. The Balaban J connectivity index is 1.42. The van der Waals surface area contributed by atoms with E-state index in [0.717, 1.165) is 42.9 Å². The number of aromatic amines is 1. The Morgan fingerprint density at radius 2 is 1.88 bits per heavy atom. The predicted molar refractivity (Wildman–Crippen MR) is 134 cm³/mol. The van der Waals surface area contributed by atoms with E-state index < -0.39 is 0 Å². The number of fused-ring (bicyclic) bond motifs is 2. The van der Waals surface area contributed by atoms with Crippen molar-refractivity contribution in [1.29, 1.82) is 0 Å². The van der Waals surface area contributed by atoms with Crippen molar-refractivity contribution in [3.05, 3.63) is 108 Å². The van der Waals surface area contributed by atoms with Gasteiger partial charge in [0.05, 0.1) is 13.2 Å². The number of hydrogen-bond donors (Lipinski definition) is 1. The van der Waals surface area contributed by atoms with Crippen LogP contribution in [0.3, 0.4) is 0 Å². The summed E-state index contributed by atoms with van der Waals surface area (Å²) in [4.78, 5) is 5.77. The van der Waals surface area contributed by atoms with Crippen LogP contribution in [-0.4, -0.2) is 23.5 Å². The lowest BCUT2D eigenvalue weighted by Crippen LogP contribution is -2.31. The molecule has 0 aliphatic carbocycles. The van der Waals surface area contributed by atoms with E-state index in [1.807, 2.05) is 24.4 Å². The molecule has 0 fully saturated rings. The molecule has 0 amide bonds. The third-order valence-corrected chi connectivity index (χ3v) is 6.66. The summed E-state index contributed by atoms with van der Waals surface area (Å²) in [6, 6.07) is 23.4. The Labute approximate surface area is 195 Å². The van der Waals surface area contributed by atoms with Crippen LogP contribution in [0.1, 0.15) is 34.7 Å². The molecule has 1 N–H and O–H groups in total. The van der Waals surface area contributed by atoms with Gasteiger partial charge in [-0.05, 0) is 65.9 Å². The molecular weight excluding hydrogens is 408 g/mol. The number of benzene rings is 3. The minimum Gasteiger partial charge on any atom is -0.493 e. The first kappa shape index (κ1) is 21.2. The number of methoxy groups -OCH3 is 1. The van der Waals surface area contributed by atoms with E-state index in [1.54, 1.807) is 7.11 Å². The van der Waals surface area contributed by atoms with Crippen LogP contribution < -0.4 is 9.47 Å². The first-order valence-electron chi connectivity index (χ1n) is 11.6. The van der Waals surface area contributed by atoms with Crippen LogP contribution >= 0.6 is 0 Å². The van der Waals surface area contributed by atoms with Gasteiger partial charge in [-0.3, -0.25) is 0 Å². The maximum atomic E-state index is 6.23. The molecule has 5 rings (SSSR count). The summed E-state index contributed by atoms with van der Waals surface area (Å²) in [6.45, 7) is 5.57. The summed E-state index contributed by atoms with van der Waals surface area (Å²) >= 11 is 0. The molecule has 1 aliphatic rings. The molecule has 1 aromatic heterocycles. The summed E-state index contributed by atoms with van der Waals surface area (Å²) in [7, 11) is 1.71. The fraction of sp³-hybridized carbons (Fsp3) is 0.241. The van der Waals surface area contributed by atoms with Crippen molar-refractivity contribution in [2.24, 2.45) is 0 Å². The Hall–Kier alpha value is -3.66. The molecule has 0 bridgehead atoms. The molecule has 168 valence electrons. The van der Waals surface area contributed by atoms with Crippen molar-refractivity contribution in [2.75, 3.05) is 13.7 Å². The molecule has 0 spiro atoms. The lowest BCUT2D eigenvalue weighted by Gasteiger charge is -2.37. The number of nitrogens with one attached hydrogen (secondary N) is 1. The normalized spacial score (nSPS) is 15.3. The minimum absolute atomic E-state index is 0.255. The molecule has 2 heterocycles. The third kappa shape index (κ3) is 4.34. The van der Waals surface area contributed by atoms with Gasteiger partial charge in [-0.2, -0.15) is 0 Å². The molecule has 4 heteroatoms. The van der Waals surface area contributed by atoms with E-state index in [4.69, 9.17) is 9.47 Å². The Morgan fingerprint density at radius 1 is 1.06 bits per heavy atom. The van der Waals surface area contributed by atoms with Crippen LogP contribution in [0.5, 0.6) is 11.5 Å². The number of aryl methyl sites for hydroxylation is 1. The van der Waals surface area contributed by atoms with Gasteiger partial charge < -0.3 is 19.4 Å². The zero-order chi connectivity index (χ0) is 22.6. The Morgan fingerprint density at radius 3 is 2.70 bits per heavy atom. The van der Waals surface area contributed by atoms with Gasteiger partial charge in [0.2, 0.25) is 0 Å². The van der Waals surface area contributed by atoms with Crippen LogP contribution in [0.15, 0.2) is 85.7 Å². The van der Waals surface area contributed by atoms with Crippen LogP contribution in [0, 0.1) is 0 Å². The average Bonchev–Trinajstić information content (AvgIpc) is 3.29. The average molecular weight is 439 g/mol. The predicted octanol–water partition coefficient (Wildman–Crippen LogP) is 6.43. The van der Waals surface area contributed by atoms with E-state index in [-0.39, 0.29) is 6.04 Å². The quantitative estimate of drug-likeness (QED) is 0.344. The largest absolute Gasteiger partial charge is 0.493 e. The third-order valence-electron chi connectivity index (χ3n) is 6.66. The van der Waals surface area contributed by atoms with Gasteiger partial charge in [0.15, 0.2) is 11.5 Å². The second-order valence-corrected chi connectivity index (χ2v) is 8.56. The van der Waals surface area contributed by atoms with Crippen LogP contribution in [-0.2, 0) is 19.4 Å². The maximum Gasteiger partial charge on any atom is 0.162 e. The number of H-pyrrole nitrogens is 1. The number of ether oxygens (including phenoxy) is 2. The molecule has 0 radical (unpaired) electrons. The highest BCUT2D eigenvalue weighted by Crippen LogP contribution is 2.40. The molecule has 1 atom stereocenters. The van der Waals surface area contributed by atoms with Crippen molar-refractivity contribution in [2.45, 2.75) is 31.9 Å². The molecule has 4 aromatic rings. The molecular formula is C29H30N2O2. The molecule has 4 nitrogen and oxygen atoms in total. The summed E-state index contributed by atoms with van der Waals surface area (Å²) in [5, 5.41) is 1.31. The van der Waals surface area contributed by atoms with Crippen LogP contribution in [0.25, 0.3) is 10.9 Å². The van der Waals surface area contributed by atoms with Gasteiger partial charge in [-0.15, -0.1) is 0 Å². The van der Waals surface area contributed by atoms with E-state index in [2.05, 4.69) is 71.2 Å². The lowest BCUT2D eigenvalue weighted by molar-refractivity contribution is 0.246. The fourth-order valence-corrected chi connectivity index (χ4v) is 4.91. The van der Waals surface area contributed by atoms with Crippen molar-refractivity contribution in [3.63, 3.8) is 0 Å². The first-order chi connectivity index (χ1) is 16.3. The highest BCUT2D eigenvalue weighted by atomic mass is 16.5. The van der Waals surface area contributed by atoms with Crippen molar-refractivity contribution in [1.82, 2.24) is 9.88 Å². The Kier molecular flexibility index (Phi) is 6.07. The van der Waals surface area contributed by atoms with Gasteiger partial charge in [-0.1, -0.05) is 55.1 Å². The molecule has 0 saturated carbocycles. The number of hydrogen-bond acceptors (Lipinski definition) is 3. The van der Waals surface area contributed by atoms with E-state index in [0.29, 0.717) is 6.61 Å². The minimum atomic E-state index is 0.255. The second-order valence-electron chi connectivity index (χ2n) is 8.56. The van der Waals surface area contributed by atoms with Crippen molar-refractivity contribution >= 4 is 10.9 Å². The van der Waals surface area contributed by atoms with Gasteiger partial charge >= 0.3 is 0 Å². The van der Waals surface area contributed by atoms with Gasteiger partial charge in [-0.25, -0.2) is 0 Å². The SMILES string of the molecule is C=CN1CCc2cc(OC)c(OCc3ccccc3)cc2[C@@H]1CCc1c[nH]c2ccccc12.